The fourth-order valence-corrected chi connectivity index (χ4v) is 3.93. The van der Waals surface area contributed by atoms with Gasteiger partial charge in [0.15, 0.2) is 5.65 Å². The van der Waals surface area contributed by atoms with Crippen LogP contribution in [-0.4, -0.2) is 26.3 Å². The molecule has 3 aromatic carbocycles. The van der Waals surface area contributed by atoms with Gasteiger partial charge >= 0.3 is 0 Å². The number of fused-ring (bicyclic) bond motifs is 4. The van der Waals surface area contributed by atoms with Crippen molar-refractivity contribution in [1.82, 2.24) is 14.5 Å². The second-order valence-electron chi connectivity index (χ2n) is 7.70. The van der Waals surface area contributed by atoms with Crippen LogP contribution < -0.4 is 10.6 Å². The Bertz CT molecular complexity index is 1490. The first-order chi connectivity index (χ1) is 15.5. The Hall–Kier alpha value is -4.26. The molecular formula is C25H21N5O2. The number of aromatic nitrogens is 3. The van der Waals surface area contributed by atoms with Gasteiger partial charge in [0.2, 0.25) is 11.8 Å². The van der Waals surface area contributed by atoms with Gasteiger partial charge in [-0.15, -0.1) is 0 Å². The molecule has 5 rings (SSSR count). The third-order valence-corrected chi connectivity index (χ3v) is 5.44. The number of anilines is 2. The molecule has 0 spiro atoms. The molecule has 0 aliphatic carbocycles. The Morgan fingerprint density at radius 3 is 2.09 bits per heavy atom. The Balaban J connectivity index is 1.54. The van der Waals surface area contributed by atoms with Crippen molar-refractivity contribution in [3.05, 3.63) is 72.8 Å². The van der Waals surface area contributed by atoms with Gasteiger partial charge in [-0.2, -0.15) is 0 Å². The Morgan fingerprint density at radius 1 is 0.812 bits per heavy atom. The van der Waals surface area contributed by atoms with Crippen LogP contribution in [0.3, 0.4) is 0 Å². The maximum atomic E-state index is 13.2. The average molecular weight is 423 g/mol. The molecule has 2 N–H and O–H groups in total. The second-order valence-corrected chi connectivity index (χ2v) is 7.70. The zero-order valence-corrected chi connectivity index (χ0v) is 17.7. The van der Waals surface area contributed by atoms with E-state index in [1.807, 2.05) is 60.0 Å². The van der Waals surface area contributed by atoms with Crippen LogP contribution in [0.1, 0.15) is 19.9 Å². The molecule has 0 aliphatic heterocycles. The summed E-state index contributed by atoms with van der Waals surface area (Å²) in [4.78, 5) is 34.1. The van der Waals surface area contributed by atoms with Crippen molar-refractivity contribution < 1.29 is 9.59 Å². The van der Waals surface area contributed by atoms with E-state index in [1.165, 1.54) is 6.92 Å². The maximum Gasteiger partial charge on any atom is 0.247 e. The predicted molar refractivity (Wildman–Crippen MR) is 127 cm³/mol. The number of rotatable bonds is 4. The van der Waals surface area contributed by atoms with Crippen molar-refractivity contribution in [3.8, 4) is 0 Å². The number of amides is 2. The standard InChI is InChI=1S/C25H21N5O2/c1-15(25(32)27-18-13-11-17(12-14-18)26-16(2)31)30-22-10-6-3-7-19(22)23-24(30)29-21-9-5-4-8-20(21)28-23/h3-15H,1-2H3,(H,26,31)(H,27,32). The fraction of sp³-hybridized carbons (Fsp3) is 0.120. The number of para-hydroxylation sites is 3. The van der Waals surface area contributed by atoms with Crippen molar-refractivity contribution in [2.24, 2.45) is 0 Å². The first kappa shape index (κ1) is 19.7. The number of nitrogens with one attached hydrogen (secondary N) is 2. The van der Waals surface area contributed by atoms with Gasteiger partial charge in [-0.25, -0.2) is 9.97 Å². The zero-order chi connectivity index (χ0) is 22.2. The largest absolute Gasteiger partial charge is 0.326 e. The second kappa shape index (κ2) is 7.77. The van der Waals surface area contributed by atoms with Crippen molar-refractivity contribution in [2.75, 3.05) is 10.6 Å². The molecule has 7 nitrogen and oxygen atoms in total. The van der Waals surface area contributed by atoms with Crippen molar-refractivity contribution in [1.29, 1.82) is 0 Å². The van der Waals surface area contributed by atoms with Crippen LogP contribution in [0.4, 0.5) is 11.4 Å². The highest BCUT2D eigenvalue weighted by atomic mass is 16.2. The molecule has 0 radical (unpaired) electrons. The molecule has 2 amide bonds. The van der Waals surface area contributed by atoms with Crippen molar-refractivity contribution in [2.45, 2.75) is 19.9 Å². The minimum absolute atomic E-state index is 0.143. The van der Waals surface area contributed by atoms with Crippen molar-refractivity contribution >= 4 is 56.3 Å². The molecule has 2 heterocycles. The first-order valence-corrected chi connectivity index (χ1v) is 10.4. The summed E-state index contributed by atoms with van der Waals surface area (Å²) in [6.07, 6.45) is 0. The third kappa shape index (κ3) is 3.43. The van der Waals surface area contributed by atoms with Gasteiger partial charge in [-0.1, -0.05) is 30.3 Å². The molecule has 0 aliphatic rings. The Labute approximate surface area is 184 Å². The zero-order valence-electron chi connectivity index (χ0n) is 17.7. The van der Waals surface area contributed by atoms with Crippen molar-refractivity contribution in [3.63, 3.8) is 0 Å². The molecule has 1 atom stereocenters. The van der Waals surface area contributed by atoms with Crippen LogP contribution in [0.25, 0.3) is 33.1 Å². The van der Waals surface area contributed by atoms with E-state index in [2.05, 4.69) is 10.6 Å². The lowest BCUT2D eigenvalue weighted by Crippen LogP contribution is -2.23. The highest BCUT2D eigenvalue weighted by molar-refractivity contribution is 6.08. The van der Waals surface area contributed by atoms with Crippen LogP contribution in [-0.2, 0) is 9.59 Å². The lowest BCUT2D eigenvalue weighted by Gasteiger charge is -2.16. The number of carbonyl (C=O) groups excluding carboxylic acids is 2. The summed E-state index contributed by atoms with van der Waals surface area (Å²) >= 11 is 0. The molecule has 0 saturated carbocycles. The van der Waals surface area contributed by atoms with E-state index >= 15 is 0 Å². The van der Waals surface area contributed by atoms with E-state index in [9.17, 15) is 9.59 Å². The minimum Gasteiger partial charge on any atom is -0.326 e. The van der Waals surface area contributed by atoms with Gasteiger partial charge < -0.3 is 15.2 Å². The van der Waals surface area contributed by atoms with E-state index in [0.717, 1.165) is 27.5 Å². The van der Waals surface area contributed by atoms with Crippen LogP contribution in [0, 0.1) is 0 Å². The molecule has 0 saturated heterocycles. The summed E-state index contributed by atoms with van der Waals surface area (Å²) in [6, 6.07) is 22.1. The lowest BCUT2D eigenvalue weighted by molar-refractivity contribution is -0.118. The summed E-state index contributed by atoms with van der Waals surface area (Å²) < 4.78 is 1.94. The van der Waals surface area contributed by atoms with Gasteiger partial charge in [-0.05, 0) is 49.4 Å². The lowest BCUT2D eigenvalue weighted by atomic mass is 10.2. The molecule has 158 valence electrons. The highest BCUT2D eigenvalue weighted by Crippen LogP contribution is 2.31. The fourth-order valence-electron chi connectivity index (χ4n) is 3.93. The van der Waals surface area contributed by atoms with E-state index in [0.29, 0.717) is 17.0 Å². The number of hydrogen-bond acceptors (Lipinski definition) is 4. The predicted octanol–water partition coefficient (Wildman–Crippen LogP) is 4.90. The summed E-state index contributed by atoms with van der Waals surface area (Å²) in [7, 11) is 0. The quantitative estimate of drug-likeness (QED) is 0.430. The summed E-state index contributed by atoms with van der Waals surface area (Å²) in [6.45, 7) is 3.30. The first-order valence-electron chi connectivity index (χ1n) is 10.4. The minimum atomic E-state index is -0.525. The smallest absolute Gasteiger partial charge is 0.247 e. The molecule has 7 heteroatoms. The molecule has 32 heavy (non-hydrogen) atoms. The van der Waals surface area contributed by atoms with E-state index < -0.39 is 6.04 Å². The van der Waals surface area contributed by atoms with Crippen LogP contribution in [0.5, 0.6) is 0 Å². The van der Waals surface area contributed by atoms with E-state index in [-0.39, 0.29) is 11.8 Å². The molecule has 1 unspecified atom stereocenters. The Morgan fingerprint density at radius 2 is 1.41 bits per heavy atom. The van der Waals surface area contributed by atoms with Gasteiger partial charge in [0.1, 0.15) is 11.6 Å². The molecule has 0 fully saturated rings. The van der Waals surface area contributed by atoms with Gasteiger partial charge in [0.25, 0.3) is 0 Å². The third-order valence-electron chi connectivity index (χ3n) is 5.44. The topological polar surface area (TPSA) is 88.9 Å². The molecule has 2 aromatic heterocycles. The molecular weight excluding hydrogens is 402 g/mol. The monoisotopic (exact) mass is 423 g/mol. The van der Waals surface area contributed by atoms with E-state index in [1.54, 1.807) is 24.3 Å². The SMILES string of the molecule is CC(=O)Nc1ccc(NC(=O)C(C)n2c3ccccc3c3nc4ccccc4nc32)cc1. The number of carbonyl (C=O) groups is 2. The summed E-state index contributed by atoms with van der Waals surface area (Å²) in [5, 5.41) is 6.63. The molecule has 0 bridgehead atoms. The highest BCUT2D eigenvalue weighted by Gasteiger charge is 2.23. The van der Waals surface area contributed by atoms with Crippen LogP contribution in [0.2, 0.25) is 0 Å². The summed E-state index contributed by atoms with van der Waals surface area (Å²) in [5.74, 6) is -0.315. The van der Waals surface area contributed by atoms with Gasteiger partial charge in [-0.3, -0.25) is 9.59 Å². The number of nitrogens with zero attached hydrogens (tertiary/aromatic N) is 3. The average Bonchev–Trinajstić information content (AvgIpc) is 3.11. The number of hydrogen-bond donors (Lipinski definition) is 2. The van der Waals surface area contributed by atoms with E-state index in [4.69, 9.17) is 9.97 Å². The van der Waals surface area contributed by atoms with Gasteiger partial charge in [0, 0.05) is 23.7 Å². The molecule has 5 aromatic rings. The van der Waals surface area contributed by atoms with Gasteiger partial charge in [0.05, 0.1) is 16.6 Å². The maximum absolute atomic E-state index is 13.2. The van der Waals surface area contributed by atoms with Crippen LogP contribution >= 0.6 is 0 Å². The summed E-state index contributed by atoms with van der Waals surface area (Å²) in [5.41, 5.74) is 5.28. The number of benzene rings is 3. The Kier molecular flexibility index (Phi) is 4.78. The van der Waals surface area contributed by atoms with Crippen LogP contribution in [0.15, 0.2) is 72.8 Å². The normalized spacial score (nSPS) is 12.2.